The second-order valence-corrected chi connectivity index (χ2v) is 3.98. The number of nitrogens with one attached hydrogen (secondary N) is 1. The molecule has 0 aliphatic carbocycles. The highest BCUT2D eigenvalue weighted by Gasteiger charge is 2.23. The van der Waals surface area contributed by atoms with Crippen LogP contribution in [0.25, 0.3) is 0 Å². The summed E-state index contributed by atoms with van der Waals surface area (Å²) in [4.78, 5) is 11.7. The number of aryl methyl sites for hydroxylation is 1. The Morgan fingerprint density at radius 2 is 2.33 bits per heavy atom. The van der Waals surface area contributed by atoms with Crippen molar-refractivity contribution in [2.45, 2.75) is 32.6 Å². The van der Waals surface area contributed by atoms with Gasteiger partial charge in [-0.3, -0.25) is 4.79 Å². The standard InChI is InChI=1S/C10H15N3O2/c1-7-9(13-15-12-7)6-8-4-2-3-5-11-10(8)14/h8H,2-6H2,1H3,(H,11,14). The zero-order chi connectivity index (χ0) is 10.7. The largest absolute Gasteiger partial charge is 0.356 e. The molecule has 0 spiro atoms. The highest BCUT2D eigenvalue weighted by molar-refractivity contribution is 5.79. The van der Waals surface area contributed by atoms with Crippen molar-refractivity contribution in [2.75, 3.05) is 6.54 Å². The van der Waals surface area contributed by atoms with Gasteiger partial charge in [-0.2, -0.15) is 0 Å². The fourth-order valence-corrected chi connectivity index (χ4v) is 1.87. The van der Waals surface area contributed by atoms with Gasteiger partial charge in [0.1, 0.15) is 11.4 Å². The molecule has 15 heavy (non-hydrogen) atoms. The van der Waals surface area contributed by atoms with Crippen LogP contribution in [-0.4, -0.2) is 22.8 Å². The highest BCUT2D eigenvalue weighted by atomic mass is 16.6. The third-order valence-electron chi connectivity index (χ3n) is 2.84. The first-order chi connectivity index (χ1) is 7.27. The summed E-state index contributed by atoms with van der Waals surface area (Å²) in [6.45, 7) is 2.64. The van der Waals surface area contributed by atoms with E-state index in [9.17, 15) is 4.79 Å². The molecule has 1 aromatic heterocycles. The minimum atomic E-state index is 0.0260. The van der Waals surface area contributed by atoms with Crippen molar-refractivity contribution in [1.29, 1.82) is 0 Å². The molecule has 1 N–H and O–H groups in total. The van der Waals surface area contributed by atoms with Crippen LogP contribution in [0.3, 0.4) is 0 Å². The van der Waals surface area contributed by atoms with Crippen LogP contribution in [0.2, 0.25) is 0 Å². The number of amides is 1. The SMILES string of the molecule is Cc1nonc1CC1CCCCNC1=O. The van der Waals surface area contributed by atoms with Gasteiger partial charge in [-0.15, -0.1) is 0 Å². The van der Waals surface area contributed by atoms with E-state index in [-0.39, 0.29) is 11.8 Å². The van der Waals surface area contributed by atoms with E-state index in [1.807, 2.05) is 6.92 Å². The molecular weight excluding hydrogens is 194 g/mol. The zero-order valence-corrected chi connectivity index (χ0v) is 8.82. The van der Waals surface area contributed by atoms with E-state index in [4.69, 9.17) is 0 Å². The van der Waals surface area contributed by atoms with E-state index in [1.54, 1.807) is 0 Å². The fraction of sp³-hybridized carbons (Fsp3) is 0.700. The predicted molar refractivity (Wildman–Crippen MR) is 53.1 cm³/mol. The van der Waals surface area contributed by atoms with Crippen molar-refractivity contribution in [3.05, 3.63) is 11.4 Å². The lowest BCUT2D eigenvalue weighted by atomic mass is 9.96. The maximum absolute atomic E-state index is 11.7. The zero-order valence-electron chi connectivity index (χ0n) is 8.82. The number of hydrogen-bond acceptors (Lipinski definition) is 4. The minimum absolute atomic E-state index is 0.0260. The third kappa shape index (κ3) is 2.34. The van der Waals surface area contributed by atoms with E-state index >= 15 is 0 Å². The number of nitrogens with zero attached hydrogens (tertiary/aromatic N) is 2. The van der Waals surface area contributed by atoms with E-state index in [0.29, 0.717) is 6.42 Å². The average molecular weight is 209 g/mol. The van der Waals surface area contributed by atoms with Crippen LogP contribution < -0.4 is 5.32 Å². The summed E-state index contributed by atoms with van der Waals surface area (Å²) in [5, 5.41) is 10.4. The molecular formula is C10H15N3O2. The number of aromatic nitrogens is 2. The normalized spacial score (nSPS) is 22.2. The number of carbonyl (C=O) groups excluding carboxylic acids is 1. The van der Waals surface area contributed by atoms with Crippen molar-refractivity contribution in [3.8, 4) is 0 Å². The Morgan fingerprint density at radius 1 is 1.47 bits per heavy atom. The molecule has 1 atom stereocenters. The van der Waals surface area contributed by atoms with Gasteiger partial charge in [-0.1, -0.05) is 16.7 Å². The Bertz CT molecular complexity index is 348. The first-order valence-electron chi connectivity index (χ1n) is 5.33. The first kappa shape index (κ1) is 10.1. The lowest BCUT2D eigenvalue weighted by molar-refractivity contribution is -0.124. The van der Waals surface area contributed by atoms with Crippen molar-refractivity contribution >= 4 is 5.91 Å². The highest BCUT2D eigenvalue weighted by Crippen LogP contribution is 2.18. The summed E-state index contributed by atoms with van der Waals surface area (Å²) >= 11 is 0. The van der Waals surface area contributed by atoms with E-state index < -0.39 is 0 Å². The lowest BCUT2D eigenvalue weighted by Crippen LogP contribution is -2.30. The van der Waals surface area contributed by atoms with Crippen LogP contribution in [0.1, 0.15) is 30.7 Å². The van der Waals surface area contributed by atoms with E-state index in [1.165, 1.54) is 0 Å². The Hall–Kier alpha value is -1.39. The molecule has 0 radical (unpaired) electrons. The molecule has 2 heterocycles. The summed E-state index contributed by atoms with van der Waals surface area (Å²) < 4.78 is 4.62. The van der Waals surface area contributed by atoms with Crippen molar-refractivity contribution in [2.24, 2.45) is 5.92 Å². The first-order valence-corrected chi connectivity index (χ1v) is 5.33. The van der Waals surface area contributed by atoms with Crippen LogP contribution in [0.15, 0.2) is 4.63 Å². The smallest absolute Gasteiger partial charge is 0.223 e. The molecule has 0 bridgehead atoms. The van der Waals surface area contributed by atoms with Crippen LogP contribution >= 0.6 is 0 Å². The van der Waals surface area contributed by atoms with Gasteiger partial charge >= 0.3 is 0 Å². The molecule has 1 aromatic rings. The Balaban J connectivity index is 2.03. The van der Waals surface area contributed by atoms with Crippen LogP contribution in [0.4, 0.5) is 0 Å². The molecule has 82 valence electrons. The Kier molecular flexibility index (Phi) is 2.99. The minimum Gasteiger partial charge on any atom is -0.356 e. The number of hydrogen-bond donors (Lipinski definition) is 1. The Labute approximate surface area is 88.2 Å². The van der Waals surface area contributed by atoms with Crippen molar-refractivity contribution in [1.82, 2.24) is 15.6 Å². The molecule has 0 aromatic carbocycles. The second kappa shape index (κ2) is 4.42. The van der Waals surface area contributed by atoms with Gasteiger partial charge in [0.25, 0.3) is 0 Å². The van der Waals surface area contributed by atoms with E-state index in [0.717, 1.165) is 37.2 Å². The lowest BCUT2D eigenvalue weighted by Gasteiger charge is -2.10. The average Bonchev–Trinajstić information content (AvgIpc) is 2.50. The molecule has 0 saturated carbocycles. The summed E-state index contributed by atoms with van der Waals surface area (Å²) in [5.74, 6) is 0.160. The second-order valence-electron chi connectivity index (χ2n) is 3.98. The molecule has 1 fully saturated rings. The van der Waals surface area contributed by atoms with Gasteiger partial charge in [-0.05, 0) is 19.8 Å². The number of rotatable bonds is 2. The van der Waals surface area contributed by atoms with Gasteiger partial charge in [0.15, 0.2) is 0 Å². The van der Waals surface area contributed by atoms with Gasteiger partial charge in [0.2, 0.25) is 5.91 Å². The Morgan fingerprint density at radius 3 is 3.07 bits per heavy atom. The molecule has 5 nitrogen and oxygen atoms in total. The number of carbonyl (C=O) groups is 1. The maximum Gasteiger partial charge on any atom is 0.223 e. The summed E-state index contributed by atoms with van der Waals surface area (Å²) in [7, 11) is 0. The quantitative estimate of drug-likeness (QED) is 0.783. The predicted octanol–water partition coefficient (Wildman–Crippen LogP) is 0.837. The van der Waals surface area contributed by atoms with Crippen molar-refractivity contribution < 1.29 is 9.42 Å². The topological polar surface area (TPSA) is 68.0 Å². The van der Waals surface area contributed by atoms with Crippen LogP contribution in [0, 0.1) is 12.8 Å². The maximum atomic E-state index is 11.7. The van der Waals surface area contributed by atoms with Gasteiger partial charge < -0.3 is 5.32 Å². The van der Waals surface area contributed by atoms with Gasteiger partial charge in [-0.25, -0.2) is 4.63 Å². The molecule has 1 unspecified atom stereocenters. The van der Waals surface area contributed by atoms with Gasteiger partial charge in [0.05, 0.1) is 0 Å². The monoisotopic (exact) mass is 209 g/mol. The van der Waals surface area contributed by atoms with Crippen LogP contribution in [-0.2, 0) is 11.2 Å². The summed E-state index contributed by atoms with van der Waals surface area (Å²) in [5.41, 5.74) is 1.59. The molecule has 1 aliphatic heterocycles. The van der Waals surface area contributed by atoms with Gasteiger partial charge in [0, 0.05) is 18.9 Å². The fourth-order valence-electron chi connectivity index (χ4n) is 1.87. The molecule has 2 rings (SSSR count). The summed E-state index contributed by atoms with van der Waals surface area (Å²) in [6, 6.07) is 0. The summed E-state index contributed by atoms with van der Waals surface area (Å²) in [6.07, 6.45) is 3.73. The molecule has 1 aliphatic rings. The molecule has 1 saturated heterocycles. The molecule has 5 heteroatoms. The van der Waals surface area contributed by atoms with Crippen LogP contribution in [0.5, 0.6) is 0 Å². The molecule has 1 amide bonds. The van der Waals surface area contributed by atoms with Crippen molar-refractivity contribution in [3.63, 3.8) is 0 Å². The third-order valence-corrected chi connectivity index (χ3v) is 2.84. The van der Waals surface area contributed by atoms with E-state index in [2.05, 4.69) is 20.3 Å².